The van der Waals surface area contributed by atoms with Crippen molar-refractivity contribution in [1.29, 1.82) is 0 Å². The molecule has 0 saturated carbocycles. The van der Waals surface area contributed by atoms with Crippen LogP contribution < -0.4 is 11.1 Å². The van der Waals surface area contributed by atoms with Gasteiger partial charge in [0.2, 0.25) is 0 Å². The third kappa shape index (κ3) is 11.0. The lowest BCUT2D eigenvalue weighted by atomic mass is 10.0. The molecule has 0 spiro atoms. The zero-order valence-electron chi connectivity index (χ0n) is 20.3. The summed E-state index contributed by atoms with van der Waals surface area (Å²) in [5, 5.41) is 11.8. The van der Waals surface area contributed by atoms with E-state index in [1.54, 1.807) is 12.3 Å². The van der Waals surface area contributed by atoms with Crippen LogP contribution >= 0.6 is 0 Å². The van der Waals surface area contributed by atoms with Gasteiger partial charge in [0.05, 0.1) is 0 Å². The molecule has 8 heteroatoms. The van der Waals surface area contributed by atoms with Crippen LogP contribution in [0, 0.1) is 0 Å². The van der Waals surface area contributed by atoms with Crippen molar-refractivity contribution >= 4 is 29.8 Å². The molecule has 0 fully saturated rings. The van der Waals surface area contributed by atoms with Crippen LogP contribution in [0.3, 0.4) is 0 Å². The number of aliphatic imine (C=N–C) groups is 2. The van der Waals surface area contributed by atoms with Crippen LogP contribution in [0.2, 0.25) is 0 Å². The zero-order chi connectivity index (χ0) is 24.4. The molecular formula is C24H39N5O3. The van der Waals surface area contributed by atoms with Crippen LogP contribution in [0.4, 0.5) is 5.69 Å². The van der Waals surface area contributed by atoms with E-state index in [-0.39, 0.29) is 12.6 Å². The van der Waals surface area contributed by atoms with Crippen molar-refractivity contribution in [3.05, 3.63) is 47.2 Å². The third-order valence-electron chi connectivity index (χ3n) is 4.24. The van der Waals surface area contributed by atoms with Gasteiger partial charge in [0.1, 0.15) is 19.0 Å². The van der Waals surface area contributed by atoms with Gasteiger partial charge in [-0.25, -0.2) is 4.99 Å². The van der Waals surface area contributed by atoms with Crippen molar-refractivity contribution in [3.63, 3.8) is 0 Å². The summed E-state index contributed by atoms with van der Waals surface area (Å²) in [6, 6.07) is 5.85. The lowest BCUT2D eigenvalue weighted by Gasteiger charge is -2.13. The number of hydrogen-bond donors (Lipinski definition) is 3. The Bertz CT molecular complexity index is 799. The number of amides is 1. The van der Waals surface area contributed by atoms with Gasteiger partial charge in [-0.15, -0.1) is 0 Å². The van der Waals surface area contributed by atoms with Gasteiger partial charge in [-0.05, 0) is 76.3 Å². The van der Waals surface area contributed by atoms with E-state index in [1.165, 1.54) is 26.4 Å². The van der Waals surface area contributed by atoms with Gasteiger partial charge in [-0.3, -0.25) is 9.79 Å². The number of nitrogens with zero attached hydrogens (tertiary/aromatic N) is 3. The fourth-order valence-electron chi connectivity index (χ4n) is 2.74. The van der Waals surface area contributed by atoms with E-state index in [2.05, 4.69) is 47.0 Å². The van der Waals surface area contributed by atoms with Crippen LogP contribution in [-0.4, -0.2) is 69.6 Å². The van der Waals surface area contributed by atoms with Crippen molar-refractivity contribution in [2.45, 2.75) is 33.6 Å². The number of carbonyl (C=O) groups is 1. The summed E-state index contributed by atoms with van der Waals surface area (Å²) in [5.41, 5.74) is 8.37. The molecule has 0 aromatic heterocycles. The number of aliphatic hydroxyl groups excluding tert-OH is 1. The summed E-state index contributed by atoms with van der Waals surface area (Å²) >= 11 is 0. The van der Waals surface area contributed by atoms with Crippen molar-refractivity contribution in [2.24, 2.45) is 15.7 Å². The molecule has 4 N–H and O–H groups in total. The van der Waals surface area contributed by atoms with E-state index < -0.39 is 0 Å². The number of anilines is 1. The number of allylic oxidation sites excluding steroid dienone is 2. The number of hydrogen-bond acceptors (Lipinski definition) is 7. The summed E-state index contributed by atoms with van der Waals surface area (Å²) in [6.07, 6.45) is 8.46. The van der Waals surface area contributed by atoms with Gasteiger partial charge in [0.15, 0.2) is 6.40 Å². The Labute approximate surface area is 192 Å². The zero-order valence-corrected chi connectivity index (χ0v) is 20.3. The topological polar surface area (TPSA) is 113 Å². The minimum Gasteiger partial charge on any atom is -0.479 e. The van der Waals surface area contributed by atoms with E-state index in [1.807, 2.05) is 38.1 Å². The fourth-order valence-corrected chi connectivity index (χ4v) is 2.74. The van der Waals surface area contributed by atoms with Crippen molar-refractivity contribution in [1.82, 2.24) is 4.90 Å². The van der Waals surface area contributed by atoms with E-state index in [9.17, 15) is 4.79 Å². The first kappa shape index (κ1) is 29.2. The second-order valence-electron chi connectivity index (χ2n) is 6.84. The number of nitrogens with two attached hydrogens (primary N) is 1. The van der Waals surface area contributed by atoms with Gasteiger partial charge in [0, 0.05) is 11.9 Å². The summed E-state index contributed by atoms with van der Waals surface area (Å²) in [6.45, 7) is 7.39. The first-order valence-corrected chi connectivity index (χ1v) is 10.7. The maximum atomic E-state index is 12.3. The van der Waals surface area contributed by atoms with Crippen LogP contribution in [0.25, 0.3) is 5.57 Å². The molecule has 178 valence electrons. The Kier molecular flexibility index (Phi) is 16.3. The van der Waals surface area contributed by atoms with Gasteiger partial charge in [-0.2, -0.15) is 0 Å². The highest BCUT2D eigenvalue weighted by atomic mass is 16.5. The van der Waals surface area contributed by atoms with Gasteiger partial charge in [0.25, 0.3) is 5.91 Å². The van der Waals surface area contributed by atoms with Gasteiger partial charge < -0.3 is 25.8 Å². The third-order valence-corrected chi connectivity index (χ3v) is 4.24. The number of nitrogens with one attached hydrogen (secondary N) is 1. The molecule has 1 amide bonds. The SMILES string of the molecule is C/C=C(\C=N/CO)c1ccc(CC)c(NC(=O)C2=CCOC=N2)c1.CCCN(C)C.CN. The lowest BCUT2D eigenvalue weighted by Crippen LogP contribution is -2.17. The summed E-state index contributed by atoms with van der Waals surface area (Å²) in [7, 11) is 5.67. The summed E-state index contributed by atoms with van der Waals surface area (Å²) in [4.78, 5) is 22.3. The Morgan fingerprint density at radius 1 is 1.34 bits per heavy atom. The highest BCUT2D eigenvalue weighted by Crippen LogP contribution is 2.23. The molecule has 1 aromatic rings. The monoisotopic (exact) mass is 445 g/mol. The average molecular weight is 446 g/mol. The van der Waals surface area contributed by atoms with Gasteiger partial charge in [-0.1, -0.05) is 32.1 Å². The second kappa shape index (κ2) is 17.8. The van der Waals surface area contributed by atoms with Crippen molar-refractivity contribution < 1.29 is 14.6 Å². The minimum absolute atomic E-state index is 0.262. The van der Waals surface area contributed by atoms with Crippen LogP contribution in [0.5, 0.6) is 0 Å². The quantitative estimate of drug-likeness (QED) is 0.532. The molecule has 0 aliphatic carbocycles. The standard InChI is InChI=1S/C18H21N3O3.C5H13N.CH5N/c1-3-13-5-6-15(14(4-2)10-19-11-22)9-17(13)21-18(23)16-7-8-24-12-20-16;1-4-5-6(2)3;1-2/h4-7,9-10,12,22H,3,8,11H2,1-2H3,(H,21,23);4-5H2,1-3H3;2H2,1H3/b14-4+,19-10-;;. The molecule has 1 aliphatic rings. The van der Waals surface area contributed by atoms with E-state index in [0.717, 1.165) is 28.8 Å². The van der Waals surface area contributed by atoms with E-state index in [4.69, 9.17) is 9.84 Å². The number of ether oxygens (including phenoxy) is 1. The van der Waals surface area contributed by atoms with Crippen LogP contribution in [-0.2, 0) is 16.0 Å². The smallest absolute Gasteiger partial charge is 0.274 e. The van der Waals surface area contributed by atoms with E-state index >= 15 is 0 Å². The highest BCUT2D eigenvalue weighted by molar-refractivity contribution is 6.10. The molecule has 0 bridgehead atoms. The molecule has 0 radical (unpaired) electrons. The normalized spacial score (nSPS) is 12.9. The van der Waals surface area contributed by atoms with Crippen molar-refractivity contribution in [3.8, 4) is 0 Å². The molecule has 0 saturated heterocycles. The molecule has 32 heavy (non-hydrogen) atoms. The summed E-state index contributed by atoms with van der Waals surface area (Å²) in [5.74, 6) is -0.271. The molecule has 0 atom stereocenters. The van der Waals surface area contributed by atoms with Crippen LogP contribution in [0.1, 0.15) is 38.3 Å². The fraction of sp³-hybridized carbons (Fsp3) is 0.458. The Balaban J connectivity index is 0.00000104. The minimum atomic E-state index is -0.271. The maximum absolute atomic E-state index is 12.3. The number of aryl methyl sites for hydroxylation is 1. The molecule has 8 nitrogen and oxygen atoms in total. The molecule has 1 aliphatic heterocycles. The first-order valence-electron chi connectivity index (χ1n) is 10.7. The average Bonchev–Trinajstić information content (AvgIpc) is 2.82. The highest BCUT2D eigenvalue weighted by Gasteiger charge is 2.13. The predicted octanol–water partition coefficient (Wildman–Crippen LogP) is 3.09. The second-order valence-corrected chi connectivity index (χ2v) is 6.84. The Morgan fingerprint density at radius 2 is 2.06 bits per heavy atom. The molecular weight excluding hydrogens is 406 g/mol. The number of benzene rings is 1. The number of carbonyl (C=O) groups excluding carboxylic acids is 1. The number of rotatable bonds is 8. The summed E-state index contributed by atoms with van der Waals surface area (Å²) < 4.78 is 4.96. The Morgan fingerprint density at radius 3 is 2.53 bits per heavy atom. The molecule has 1 aromatic carbocycles. The van der Waals surface area contributed by atoms with Crippen LogP contribution in [0.15, 0.2) is 46.0 Å². The Hall–Kier alpha value is -2.81. The first-order chi connectivity index (χ1) is 15.5. The molecule has 2 rings (SSSR count). The largest absolute Gasteiger partial charge is 0.479 e. The molecule has 0 unspecified atom stereocenters. The van der Waals surface area contributed by atoms with Crippen molar-refractivity contribution in [2.75, 3.05) is 46.3 Å². The molecule has 1 heterocycles. The van der Waals surface area contributed by atoms with Gasteiger partial charge >= 0.3 is 0 Å². The van der Waals surface area contributed by atoms with E-state index in [0.29, 0.717) is 12.3 Å². The number of aliphatic hydroxyl groups is 1. The lowest BCUT2D eigenvalue weighted by molar-refractivity contribution is -0.113. The predicted molar refractivity (Wildman–Crippen MR) is 135 cm³/mol. The maximum Gasteiger partial charge on any atom is 0.274 e.